The average Bonchev–Trinajstić information content (AvgIpc) is 2.31. The Kier molecular flexibility index (Phi) is 7.36. The van der Waals surface area contributed by atoms with Crippen LogP contribution in [0.15, 0.2) is 0 Å². The molecule has 0 radical (unpaired) electrons. The molecule has 7 heteroatoms. The van der Waals surface area contributed by atoms with Gasteiger partial charge in [0.1, 0.15) is 6.04 Å². The summed E-state index contributed by atoms with van der Waals surface area (Å²) in [5, 5.41) is 4.94. The molecule has 98 valence electrons. The molecule has 0 aromatic heterocycles. The predicted octanol–water partition coefficient (Wildman–Crippen LogP) is -0.985. The highest BCUT2D eigenvalue weighted by atomic mass is 32.1. The van der Waals surface area contributed by atoms with E-state index in [1.54, 1.807) is 6.92 Å². The van der Waals surface area contributed by atoms with Crippen molar-refractivity contribution in [2.24, 2.45) is 0 Å². The molecule has 0 saturated carbocycles. The lowest BCUT2D eigenvalue weighted by atomic mass is 10.2. The SMILES string of the molecule is CCN(CC(=O)NC)C(=O)C(CS)NC(C)=O. The maximum atomic E-state index is 12.0. The molecule has 3 amide bonds. The number of amides is 3. The summed E-state index contributed by atoms with van der Waals surface area (Å²) in [6.45, 7) is 3.48. The van der Waals surface area contributed by atoms with Crippen molar-refractivity contribution in [1.82, 2.24) is 15.5 Å². The minimum absolute atomic E-state index is 0.0182. The number of thiol groups is 1. The summed E-state index contributed by atoms with van der Waals surface area (Å²) < 4.78 is 0. The molecular weight excluding hydrogens is 242 g/mol. The fourth-order valence-corrected chi connectivity index (χ4v) is 1.50. The van der Waals surface area contributed by atoms with Gasteiger partial charge < -0.3 is 15.5 Å². The highest BCUT2D eigenvalue weighted by Gasteiger charge is 2.24. The number of hydrogen-bond donors (Lipinski definition) is 3. The van der Waals surface area contributed by atoms with Crippen LogP contribution < -0.4 is 10.6 Å². The second-order valence-electron chi connectivity index (χ2n) is 3.46. The highest BCUT2D eigenvalue weighted by molar-refractivity contribution is 7.80. The van der Waals surface area contributed by atoms with Crippen LogP contribution in [0, 0.1) is 0 Å². The van der Waals surface area contributed by atoms with Crippen molar-refractivity contribution in [3.8, 4) is 0 Å². The Hall–Kier alpha value is -1.24. The van der Waals surface area contributed by atoms with Crippen LogP contribution in [0.3, 0.4) is 0 Å². The zero-order valence-electron chi connectivity index (χ0n) is 10.3. The average molecular weight is 261 g/mol. The normalized spacial score (nSPS) is 11.5. The number of likely N-dealkylation sites (N-methyl/N-ethyl adjacent to an activating group) is 2. The van der Waals surface area contributed by atoms with E-state index in [1.165, 1.54) is 18.9 Å². The molecule has 6 nitrogen and oxygen atoms in total. The summed E-state index contributed by atoms with van der Waals surface area (Å²) in [7, 11) is 1.50. The van der Waals surface area contributed by atoms with Crippen molar-refractivity contribution < 1.29 is 14.4 Å². The van der Waals surface area contributed by atoms with E-state index in [2.05, 4.69) is 23.3 Å². The topological polar surface area (TPSA) is 78.5 Å². The van der Waals surface area contributed by atoms with E-state index in [0.29, 0.717) is 6.54 Å². The van der Waals surface area contributed by atoms with Crippen molar-refractivity contribution in [3.05, 3.63) is 0 Å². The lowest BCUT2D eigenvalue weighted by Crippen LogP contribution is -2.51. The second-order valence-corrected chi connectivity index (χ2v) is 3.83. The van der Waals surface area contributed by atoms with Gasteiger partial charge in [-0.05, 0) is 6.92 Å². The van der Waals surface area contributed by atoms with Gasteiger partial charge in [0, 0.05) is 26.3 Å². The van der Waals surface area contributed by atoms with Crippen LogP contribution in [-0.4, -0.2) is 54.6 Å². The molecule has 0 aliphatic heterocycles. The van der Waals surface area contributed by atoms with Crippen LogP contribution in [0.1, 0.15) is 13.8 Å². The Labute approximate surface area is 107 Å². The summed E-state index contributed by atoms with van der Waals surface area (Å²) in [4.78, 5) is 35.5. The number of nitrogens with zero attached hydrogens (tertiary/aromatic N) is 1. The van der Waals surface area contributed by atoms with E-state index >= 15 is 0 Å². The van der Waals surface area contributed by atoms with Gasteiger partial charge in [0.05, 0.1) is 6.54 Å². The molecule has 0 aromatic rings. The van der Waals surface area contributed by atoms with Crippen LogP contribution in [0.4, 0.5) is 0 Å². The van der Waals surface area contributed by atoms with E-state index in [-0.39, 0.29) is 30.0 Å². The summed E-state index contributed by atoms with van der Waals surface area (Å²) >= 11 is 4.01. The van der Waals surface area contributed by atoms with Crippen LogP contribution in [0.2, 0.25) is 0 Å². The Bertz CT molecular complexity index is 297. The maximum Gasteiger partial charge on any atom is 0.246 e. The van der Waals surface area contributed by atoms with Gasteiger partial charge in [-0.3, -0.25) is 14.4 Å². The predicted molar refractivity (Wildman–Crippen MR) is 67.8 cm³/mol. The van der Waals surface area contributed by atoms with Gasteiger partial charge in [0.25, 0.3) is 0 Å². The minimum Gasteiger partial charge on any atom is -0.358 e. The summed E-state index contributed by atoms with van der Waals surface area (Å²) in [6, 6.07) is -0.694. The van der Waals surface area contributed by atoms with Crippen molar-refractivity contribution in [3.63, 3.8) is 0 Å². The van der Waals surface area contributed by atoms with Gasteiger partial charge in [0.2, 0.25) is 17.7 Å². The van der Waals surface area contributed by atoms with Gasteiger partial charge >= 0.3 is 0 Å². The van der Waals surface area contributed by atoms with E-state index in [9.17, 15) is 14.4 Å². The van der Waals surface area contributed by atoms with Gasteiger partial charge in [-0.2, -0.15) is 12.6 Å². The Balaban J connectivity index is 4.58. The maximum absolute atomic E-state index is 12.0. The summed E-state index contributed by atoms with van der Waals surface area (Å²) in [5.74, 6) is -0.654. The van der Waals surface area contributed by atoms with Crippen molar-refractivity contribution in [1.29, 1.82) is 0 Å². The molecule has 1 atom stereocenters. The van der Waals surface area contributed by atoms with E-state index in [1.807, 2.05) is 0 Å². The third-order valence-electron chi connectivity index (χ3n) is 2.16. The van der Waals surface area contributed by atoms with Gasteiger partial charge in [-0.1, -0.05) is 0 Å². The Morgan fingerprint density at radius 2 is 1.94 bits per heavy atom. The molecule has 0 saturated heterocycles. The first kappa shape index (κ1) is 15.8. The lowest BCUT2D eigenvalue weighted by Gasteiger charge is -2.25. The van der Waals surface area contributed by atoms with E-state index in [0.717, 1.165) is 0 Å². The minimum atomic E-state index is -0.694. The third kappa shape index (κ3) is 5.58. The molecule has 0 heterocycles. The number of rotatable bonds is 6. The standard InChI is InChI=1S/C10H19N3O3S/c1-4-13(5-9(15)11-3)10(16)8(6-17)12-7(2)14/h8,17H,4-6H2,1-3H3,(H,11,15)(H,12,14). The van der Waals surface area contributed by atoms with Crippen molar-refractivity contribution in [2.75, 3.05) is 25.9 Å². The molecule has 2 N–H and O–H groups in total. The number of carbonyl (C=O) groups excluding carboxylic acids is 3. The molecule has 0 fully saturated rings. The summed E-state index contributed by atoms with van der Waals surface area (Å²) in [5.41, 5.74) is 0. The second kappa shape index (κ2) is 7.94. The Morgan fingerprint density at radius 1 is 1.35 bits per heavy atom. The number of nitrogens with one attached hydrogen (secondary N) is 2. The first-order valence-electron chi connectivity index (χ1n) is 5.33. The van der Waals surface area contributed by atoms with Gasteiger partial charge in [0.15, 0.2) is 0 Å². The zero-order valence-corrected chi connectivity index (χ0v) is 11.2. The molecule has 0 rings (SSSR count). The van der Waals surface area contributed by atoms with Crippen molar-refractivity contribution >= 4 is 30.4 Å². The molecule has 0 aromatic carbocycles. The first-order valence-corrected chi connectivity index (χ1v) is 5.96. The van der Waals surface area contributed by atoms with Crippen molar-refractivity contribution in [2.45, 2.75) is 19.9 Å². The zero-order chi connectivity index (χ0) is 13.4. The van der Waals surface area contributed by atoms with Crippen LogP contribution >= 0.6 is 12.6 Å². The lowest BCUT2D eigenvalue weighted by molar-refractivity contribution is -0.138. The fourth-order valence-electron chi connectivity index (χ4n) is 1.25. The van der Waals surface area contributed by atoms with E-state index in [4.69, 9.17) is 0 Å². The quantitative estimate of drug-likeness (QED) is 0.538. The summed E-state index contributed by atoms with van der Waals surface area (Å²) in [6.07, 6.45) is 0. The first-order chi connectivity index (χ1) is 7.96. The van der Waals surface area contributed by atoms with Gasteiger partial charge in [-0.15, -0.1) is 0 Å². The number of hydrogen-bond acceptors (Lipinski definition) is 4. The fraction of sp³-hybridized carbons (Fsp3) is 0.700. The molecular formula is C10H19N3O3S. The molecule has 0 aliphatic carbocycles. The smallest absolute Gasteiger partial charge is 0.246 e. The Morgan fingerprint density at radius 3 is 2.29 bits per heavy atom. The molecule has 17 heavy (non-hydrogen) atoms. The molecule has 0 bridgehead atoms. The van der Waals surface area contributed by atoms with Crippen LogP contribution in [-0.2, 0) is 14.4 Å². The molecule has 0 spiro atoms. The number of carbonyl (C=O) groups is 3. The van der Waals surface area contributed by atoms with Crippen LogP contribution in [0.25, 0.3) is 0 Å². The largest absolute Gasteiger partial charge is 0.358 e. The third-order valence-corrected chi connectivity index (χ3v) is 2.53. The van der Waals surface area contributed by atoms with Gasteiger partial charge in [-0.25, -0.2) is 0 Å². The molecule has 1 unspecified atom stereocenters. The molecule has 0 aliphatic rings. The monoisotopic (exact) mass is 261 g/mol. The highest BCUT2D eigenvalue weighted by Crippen LogP contribution is 1.98. The van der Waals surface area contributed by atoms with E-state index < -0.39 is 6.04 Å². The van der Waals surface area contributed by atoms with Crippen LogP contribution in [0.5, 0.6) is 0 Å².